The lowest BCUT2D eigenvalue weighted by atomic mass is 9.88. The maximum absolute atomic E-state index is 12.6. The molecule has 3 N–H and O–H groups in total. The van der Waals surface area contributed by atoms with E-state index in [2.05, 4.69) is 77.3 Å². The summed E-state index contributed by atoms with van der Waals surface area (Å²) in [5.74, 6) is 0.290. The van der Waals surface area contributed by atoms with E-state index in [-0.39, 0.29) is 22.2 Å². The first kappa shape index (κ1) is 29.6. The predicted octanol–water partition coefficient (Wildman–Crippen LogP) is 5.18. The number of hydrogen-bond donors (Lipinski definition) is 2. The summed E-state index contributed by atoms with van der Waals surface area (Å²) in [6.07, 6.45) is 3.39. The van der Waals surface area contributed by atoms with Gasteiger partial charge in [-0.05, 0) is 28.6 Å². The summed E-state index contributed by atoms with van der Waals surface area (Å²) in [6.45, 7) is 19.9. The van der Waals surface area contributed by atoms with Crippen molar-refractivity contribution >= 4 is 34.1 Å². The Labute approximate surface area is 229 Å². The SMILES string of the molecule is CCCC[C@]1(O)[C@@H]2O[Si](C(C)C)(C(C)C)O[Si](C(C)C)(C(C)C)OC[C@H]2O[C@H]1n1cnc2c(N)ncnc21. The number of ether oxygens (including phenoxy) is 1. The van der Waals surface area contributed by atoms with Gasteiger partial charge in [-0.1, -0.05) is 75.2 Å². The maximum atomic E-state index is 12.6. The molecule has 38 heavy (non-hydrogen) atoms. The van der Waals surface area contributed by atoms with Crippen LogP contribution in [0.2, 0.25) is 22.2 Å². The summed E-state index contributed by atoms with van der Waals surface area (Å²) in [6, 6.07) is 0. The van der Waals surface area contributed by atoms with E-state index >= 15 is 0 Å². The van der Waals surface area contributed by atoms with Crippen LogP contribution in [0.4, 0.5) is 5.82 Å². The van der Waals surface area contributed by atoms with Gasteiger partial charge in [-0.25, -0.2) is 15.0 Å². The second-order valence-corrected chi connectivity index (χ2v) is 21.1. The van der Waals surface area contributed by atoms with Gasteiger partial charge in [-0.3, -0.25) is 4.57 Å². The first-order valence-electron chi connectivity index (χ1n) is 14.2. The molecule has 2 saturated heterocycles. The molecule has 2 aromatic heterocycles. The van der Waals surface area contributed by atoms with Gasteiger partial charge in [0.15, 0.2) is 17.7 Å². The van der Waals surface area contributed by atoms with E-state index in [9.17, 15) is 5.11 Å². The average Bonchev–Trinajstić information content (AvgIpc) is 3.37. The summed E-state index contributed by atoms with van der Waals surface area (Å²) in [4.78, 5) is 13.0. The molecule has 2 aromatic rings. The van der Waals surface area contributed by atoms with Crippen molar-refractivity contribution in [3.8, 4) is 0 Å². The lowest BCUT2D eigenvalue weighted by Crippen LogP contribution is -2.67. The van der Waals surface area contributed by atoms with Crippen LogP contribution < -0.4 is 5.73 Å². The molecule has 4 atom stereocenters. The summed E-state index contributed by atoms with van der Waals surface area (Å²) in [7, 11) is -5.68. The second kappa shape index (κ2) is 10.9. The zero-order valence-electron chi connectivity index (χ0n) is 24.5. The third-order valence-electron chi connectivity index (χ3n) is 8.45. The third-order valence-corrected chi connectivity index (χ3v) is 18.7. The number of unbranched alkanes of at least 4 members (excludes halogenated alkanes) is 1. The van der Waals surface area contributed by atoms with Gasteiger partial charge >= 0.3 is 17.1 Å². The topological polar surface area (TPSA) is 127 Å². The fourth-order valence-electron chi connectivity index (χ4n) is 6.32. The highest BCUT2D eigenvalue weighted by molar-refractivity contribution is 6.84. The van der Waals surface area contributed by atoms with Gasteiger partial charge in [0.2, 0.25) is 0 Å². The lowest BCUT2D eigenvalue weighted by molar-refractivity contribution is -0.112. The van der Waals surface area contributed by atoms with Gasteiger partial charge in [0, 0.05) is 0 Å². The number of imidazole rings is 1. The molecule has 2 aliphatic heterocycles. The lowest BCUT2D eigenvalue weighted by Gasteiger charge is -2.52. The molecule has 0 aliphatic carbocycles. The number of hydrogen-bond acceptors (Lipinski definition) is 9. The Kier molecular flexibility index (Phi) is 8.45. The van der Waals surface area contributed by atoms with Gasteiger partial charge in [-0.15, -0.1) is 0 Å². The van der Waals surface area contributed by atoms with E-state index in [0.717, 1.165) is 12.8 Å². The Balaban J connectivity index is 1.88. The highest BCUT2D eigenvalue weighted by Crippen LogP contribution is 2.52. The fourth-order valence-corrected chi connectivity index (χ4v) is 17.6. The van der Waals surface area contributed by atoms with Crippen molar-refractivity contribution in [2.24, 2.45) is 0 Å². The Morgan fingerprint density at radius 2 is 1.66 bits per heavy atom. The highest BCUT2D eigenvalue weighted by Gasteiger charge is 2.65. The molecule has 0 bridgehead atoms. The van der Waals surface area contributed by atoms with Gasteiger partial charge < -0.3 is 28.5 Å². The molecule has 0 amide bonds. The minimum Gasteiger partial charge on any atom is -0.414 e. The quantitative estimate of drug-likeness (QED) is 0.416. The molecular formula is C26H47N5O5Si2. The van der Waals surface area contributed by atoms with Crippen molar-refractivity contribution in [1.82, 2.24) is 19.5 Å². The summed E-state index contributed by atoms with van der Waals surface area (Å²) < 4.78 is 30.0. The molecule has 0 radical (unpaired) electrons. The summed E-state index contributed by atoms with van der Waals surface area (Å²) >= 11 is 0. The van der Waals surface area contributed by atoms with Crippen LogP contribution in [0, 0.1) is 0 Å². The van der Waals surface area contributed by atoms with Crippen LogP contribution in [0.1, 0.15) is 87.8 Å². The zero-order valence-corrected chi connectivity index (χ0v) is 26.5. The van der Waals surface area contributed by atoms with Crippen molar-refractivity contribution in [1.29, 1.82) is 0 Å². The van der Waals surface area contributed by atoms with Crippen LogP contribution in [0.5, 0.6) is 0 Å². The summed E-state index contributed by atoms with van der Waals surface area (Å²) in [5.41, 5.74) is 6.47. The van der Waals surface area contributed by atoms with Crippen molar-refractivity contribution in [3.05, 3.63) is 12.7 Å². The van der Waals surface area contributed by atoms with Crippen LogP contribution >= 0.6 is 0 Å². The fraction of sp³-hybridized carbons (Fsp3) is 0.808. The standard InChI is InChI=1S/C26H47N5O5Si2/c1-10-11-12-26(32)22-20(34-25(26)31-15-30-21-23(27)28-14-29-24(21)31)13-33-37(16(2)3,17(4)5)36-38(35-22,18(6)7)19(8)9/h14-20,22,25,32H,10-13H2,1-9H3,(H2,27,28,29)/t20-,22-,25-,26+/m1/s1. The number of nitrogens with zero attached hydrogens (tertiary/aromatic N) is 4. The molecule has 12 heteroatoms. The monoisotopic (exact) mass is 565 g/mol. The molecule has 10 nitrogen and oxygen atoms in total. The number of nitrogen functional groups attached to an aromatic ring is 1. The number of aliphatic hydroxyl groups is 1. The van der Waals surface area contributed by atoms with E-state index in [0.29, 0.717) is 30.0 Å². The molecular weight excluding hydrogens is 518 g/mol. The van der Waals surface area contributed by atoms with Crippen molar-refractivity contribution < 1.29 is 22.8 Å². The largest absolute Gasteiger partial charge is 0.414 e. The van der Waals surface area contributed by atoms with Crippen LogP contribution in [0.25, 0.3) is 11.2 Å². The summed E-state index contributed by atoms with van der Waals surface area (Å²) in [5, 5.41) is 12.6. The van der Waals surface area contributed by atoms with Crippen LogP contribution in [0.3, 0.4) is 0 Å². The minimum absolute atomic E-state index is 0.144. The van der Waals surface area contributed by atoms with Crippen LogP contribution in [-0.4, -0.2) is 66.2 Å². The minimum atomic E-state index is -2.95. The van der Waals surface area contributed by atoms with Gasteiger partial charge in [-0.2, -0.15) is 0 Å². The first-order valence-corrected chi connectivity index (χ1v) is 18.1. The van der Waals surface area contributed by atoms with Crippen molar-refractivity contribution in [3.63, 3.8) is 0 Å². The number of anilines is 1. The van der Waals surface area contributed by atoms with Crippen LogP contribution in [-0.2, 0) is 17.7 Å². The molecule has 2 fully saturated rings. The van der Waals surface area contributed by atoms with Crippen LogP contribution in [0.15, 0.2) is 12.7 Å². The third kappa shape index (κ3) is 4.65. The van der Waals surface area contributed by atoms with Crippen molar-refractivity contribution in [2.45, 2.75) is 128 Å². The van der Waals surface area contributed by atoms with E-state index in [1.54, 1.807) is 10.9 Å². The van der Waals surface area contributed by atoms with Gasteiger partial charge in [0.05, 0.1) is 12.9 Å². The van der Waals surface area contributed by atoms with Gasteiger partial charge in [0.25, 0.3) is 0 Å². The van der Waals surface area contributed by atoms with Gasteiger partial charge in [0.1, 0.15) is 29.7 Å². The molecule has 0 aromatic carbocycles. The van der Waals surface area contributed by atoms with Crippen molar-refractivity contribution in [2.75, 3.05) is 12.3 Å². The normalized spacial score (nSPS) is 29.4. The van der Waals surface area contributed by atoms with E-state index in [1.165, 1.54) is 6.33 Å². The average molecular weight is 566 g/mol. The Hall–Kier alpha value is -1.42. The number of fused-ring (bicyclic) bond motifs is 2. The first-order chi connectivity index (χ1) is 17.8. The van der Waals surface area contributed by atoms with E-state index in [4.69, 9.17) is 23.4 Å². The maximum Gasteiger partial charge on any atom is 0.335 e. The predicted molar refractivity (Wildman–Crippen MR) is 152 cm³/mol. The molecule has 2 aliphatic rings. The smallest absolute Gasteiger partial charge is 0.335 e. The number of rotatable bonds is 8. The molecule has 0 saturated carbocycles. The Bertz CT molecular complexity index is 1100. The molecule has 0 unspecified atom stereocenters. The van der Waals surface area contributed by atoms with E-state index < -0.39 is 41.2 Å². The highest BCUT2D eigenvalue weighted by atomic mass is 28.5. The molecule has 0 spiro atoms. The molecule has 4 rings (SSSR count). The Morgan fingerprint density at radius 3 is 2.24 bits per heavy atom. The number of nitrogens with two attached hydrogens (primary N) is 1. The Morgan fingerprint density at radius 1 is 1.03 bits per heavy atom. The zero-order chi connectivity index (χ0) is 28.0. The molecule has 214 valence electrons. The second-order valence-electron chi connectivity index (χ2n) is 12.2. The molecule has 4 heterocycles. The number of aromatic nitrogens is 4. The van der Waals surface area contributed by atoms with E-state index in [1.807, 2.05) is 0 Å².